The summed E-state index contributed by atoms with van der Waals surface area (Å²) in [6.07, 6.45) is 0. The zero-order valence-corrected chi connectivity index (χ0v) is 13.3. The summed E-state index contributed by atoms with van der Waals surface area (Å²) in [5.74, 6) is -1.00. The number of carbonyl (C=O) groups excluding carboxylic acids is 2. The Bertz CT molecular complexity index is 699. The smallest absolute Gasteiger partial charge is 0.322 e. The monoisotopic (exact) mass is 338 g/mol. The van der Waals surface area contributed by atoms with Crippen molar-refractivity contribution < 1.29 is 18.0 Å². The fraction of sp³-hybridized carbons (Fsp3) is 0.429. The predicted molar refractivity (Wildman–Crippen MR) is 84.5 cm³/mol. The van der Waals surface area contributed by atoms with Gasteiger partial charge >= 0.3 is 6.03 Å². The summed E-state index contributed by atoms with van der Waals surface area (Å²) in [5.41, 5.74) is 1.06. The number of hydrogen-bond acceptors (Lipinski definition) is 5. The Morgan fingerprint density at radius 1 is 1.04 bits per heavy atom. The summed E-state index contributed by atoms with van der Waals surface area (Å²) in [6.45, 7) is 1.90. The molecule has 1 aromatic rings. The van der Waals surface area contributed by atoms with Crippen molar-refractivity contribution in [3.63, 3.8) is 0 Å². The molecule has 2 heterocycles. The van der Waals surface area contributed by atoms with Gasteiger partial charge < -0.3 is 10.2 Å². The highest BCUT2D eigenvalue weighted by Gasteiger charge is 2.36. The van der Waals surface area contributed by atoms with E-state index in [1.165, 1.54) is 4.31 Å². The quantitative estimate of drug-likeness (QED) is 0.711. The molecule has 0 bridgehead atoms. The van der Waals surface area contributed by atoms with Crippen LogP contribution in [0.5, 0.6) is 0 Å². The van der Waals surface area contributed by atoms with Gasteiger partial charge in [-0.25, -0.2) is 13.2 Å². The number of nitrogens with zero attached hydrogens (tertiary/aromatic N) is 2. The highest BCUT2D eigenvalue weighted by atomic mass is 32.2. The molecule has 2 aliphatic rings. The van der Waals surface area contributed by atoms with E-state index in [1.54, 1.807) is 0 Å². The van der Waals surface area contributed by atoms with Gasteiger partial charge in [0.25, 0.3) is 5.91 Å². The summed E-state index contributed by atoms with van der Waals surface area (Å²) >= 11 is 0. The summed E-state index contributed by atoms with van der Waals surface area (Å²) in [4.78, 5) is 24.7. The fourth-order valence-electron chi connectivity index (χ4n) is 2.76. The Kier molecular flexibility index (Phi) is 4.22. The van der Waals surface area contributed by atoms with Crippen LogP contribution in [-0.2, 0) is 14.8 Å². The second-order valence-electron chi connectivity index (χ2n) is 5.52. The minimum absolute atomic E-state index is 0.361. The average Bonchev–Trinajstić information content (AvgIpc) is 2.85. The van der Waals surface area contributed by atoms with Gasteiger partial charge in [-0.15, -0.1) is 0 Å². The second kappa shape index (κ2) is 6.17. The third-order valence-electron chi connectivity index (χ3n) is 3.99. The molecule has 23 heavy (non-hydrogen) atoms. The Balaban J connectivity index is 1.60. The molecule has 0 aliphatic carbocycles. The van der Waals surface area contributed by atoms with Crippen molar-refractivity contribution in [1.82, 2.24) is 14.9 Å². The van der Waals surface area contributed by atoms with Gasteiger partial charge in [0.05, 0.1) is 5.75 Å². The lowest BCUT2D eigenvalue weighted by molar-refractivity contribution is -0.119. The lowest BCUT2D eigenvalue weighted by Crippen LogP contribution is -2.51. The molecule has 0 unspecified atom stereocenters. The molecule has 3 amide bonds. The van der Waals surface area contributed by atoms with Crippen molar-refractivity contribution in [3.05, 3.63) is 30.3 Å². The molecule has 8 nitrogen and oxygen atoms in total. The van der Waals surface area contributed by atoms with Gasteiger partial charge in [-0.2, -0.15) is 4.31 Å². The van der Waals surface area contributed by atoms with E-state index in [1.807, 2.05) is 35.6 Å². The first-order valence-corrected chi connectivity index (χ1v) is 8.96. The summed E-state index contributed by atoms with van der Waals surface area (Å²) in [7, 11) is -3.60. The van der Waals surface area contributed by atoms with Crippen LogP contribution in [0.1, 0.15) is 0 Å². The van der Waals surface area contributed by atoms with Gasteiger partial charge in [-0.3, -0.25) is 10.1 Å². The Labute approximate surface area is 134 Å². The van der Waals surface area contributed by atoms with Crippen molar-refractivity contribution in [1.29, 1.82) is 0 Å². The first kappa shape index (κ1) is 15.8. The molecule has 0 saturated carbocycles. The summed E-state index contributed by atoms with van der Waals surface area (Å²) in [6, 6.07) is 8.14. The molecule has 124 valence electrons. The van der Waals surface area contributed by atoms with Gasteiger partial charge in [0, 0.05) is 31.9 Å². The van der Waals surface area contributed by atoms with E-state index >= 15 is 0 Å². The van der Waals surface area contributed by atoms with E-state index in [2.05, 4.69) is 10.2 Å². The standard InChI is InChI=1S/C14H18N4O4S/c19-13-12(15-14(20)16-13)10-23(21,22)18-8-6-17(7-9-18)11-4-2-1-3-5-11/h1-5,12H,6-10H2,(H2,15,16,19,20)/t12-/m0/s1. The molecule has 0 spiro atoms. The molecular formula is C14H18N4O4S. The minimum atomic E-state index is -3.60. The van der Waals surface area contributed by atoms with Gasteiger partial charge in [-0.05, 0) is 12.1 Å². The van der Waals surface area contributed by atoms with Crippen molar-refractivity contribution in [3.8, 4) is 0 Å². The van der Waals surface area contributed by atoms with Crippen LogP contribution in [0, 0.1) is 0 Å². The number of rotatable bonds is 4. The van der Waals surface area contributed by atoms with Gasteiger partial charge in [-0.1, -0.05) is 18.2 Å². The Morgan fingerprint density at radius 3 is 2.26 bits per heavy atom. The van der Waals surface area contributed by atoms with Crippen molar-refractivity contribution in [2.75, 3.05) is 36.8 Å². The number of piperazine rings is 1. The van der Waals surface area contributed by atoms with Crippen LogP contribution in [0.4, 0.5) is 10.5 Å². The van der Waals surface area contributed by atoms with Crippen LogP contribution < -0.4 is 15.5 Å². The first-order valence-electron chi connectivity index (χ1n) is 7.35. The maximum absolute atomic E-state index is 12.4. The number of nitrogens with one attached hydrogen (secondary N) is 2. The minimum Gasteiger partial charge on any atom is -0.369 e. The molecule has 0 radical (unpaired) electrons. The molecule has 2 N–H and O–H groups in total. The maximum Gasteiger partial charge on any atom is 0.322 e. The number of imide groups is 1. The zero-order valence-electron chi connectivity index (χ0n) is 12.4. The molecule has 2 fully saturated rings. The predicted octanol–water partition coefficient (Wildman–Crippen LogP) is -0.654. The zero-order chi connectivity index (χ0) is 16.4. The molecule has 9 heteroatoms. The van der Waals surface area contributed by atoms with Crippen LogP contribution in [-0.4, -0.2) is 62.6 Å². The molecule has 1 atom stereocenters. The average molecular weight is 338 g/mol. The van der Waals surface area contributed by atoms with Crippen LogP contribution in [0.2, 0.25) is 0 Å². The van der Waals surface area contributed by atoms with E-state index in [0.717, 1.165) is 5.69 Å². The molecule has 2 aliphatic heterocycles. The van der Waals surface area contributed by atoms with Crippen LogP contribution in [0.3, 0.4) is 0 Å². The van der Waals surface area contributed by atoms with E-state index < -0.39 is 33.8 Å². The number of anilines is 1. The Morgan fingerprint density at radius 2 is 1.70 bits per heavy atom. The highest BCUT2D eigenvalue weighted by Crippen LogP contribution is 2.17. The lowest BCUT2D eigenvalue weighted by Gasteiger charge is -2.35. The van der Waals surface area contributed by atoms with E-state index in [0.29, 0.717) is 26.2 Å². The second-order valence-corrected chi connectivity index (χ2v) is 7.53. The Hall–Kier alpha value is -2.13. The number of benzene rings is 1. The van der Waals surface area contributed by atoms with E-state index in [-0.39, 0.29) is 0 Å². The summed E-state index contributed by atoms with van der Waals surface area (Å²) < 4.78 is 26.2. The normalized spacial score (nSPS) is 22.8. The highest BCUT2D eigenvalue weighted by molar-refractivity contribution is 7.89. The number of amides is 3. The van der Waals surface area contributed by atoms with Crippen molar-refractivity contribution in [2.45, 2.75) is 6.04 Å². The topological polar surface area (TPSA) is 98.8 Å². The van der Waals surface area contributed by atoms with E-state index in [4.69, 9.17) is 0 Å². The van der Waals surface area contributed by atoms with Crippen molar-refractivity contribution in [2.24, 2.45) is 0 Å². The van der Waals surface area contributed by atoms with Crippen molar-refractivity contribution >= 4 is 27.6 Å². The first-order chi connectivity index (χ1) is 11.0. The number of hydrogen-bond donors (Lipinski definition) is 2. The molecule has 3 rings (SSSR count). The molecular weight excluding hydrogens is 320 g/mol. The third-order valence-corrected chi connectivity index (χ3v) is 5.90. The fourth-order valence-corrected chi connectivity index (χ4v) is 4.34. The maximum atomic E-state index is 12.4. The van der Waals surface area contributed by atoms with Crippen LogP contribution in [0.25, 0.3) is 0 Å². The molecule has 0 aromatic heterocycles. The van der Waals surface area contributed by atoms with Gasteiger partial charge in [0.15, 0.2) is 0 Å². The van der Waals surface area contributed by atoms with Crippen LogP contribution >= 0.6 is 0 Å². The van der Waals surface area contributed by atoms with E-state index in [9.17, 15) is 18.0 Å². The van der Waals surface area contributed by atoms with Gasteiger partial charge in [0.1, 0.15) is 6.04 Å². The van der Waals surface area contributed by atoms with Gasteiger partial charge in [0.2, 0.25) is 10.0 Å². The molecule has 1 aromatic carbocycles. The molecule has 2 saturated heterocycles. The largest absolute Gasteiger partial charge is 0.369 e. The van der Waals surface area contributed by atoms with Crippen LogP contribution in [0.15, 0.2) is 30.3 Å². The number of para-hydroxylation sites is 1. The number of sulfonamides is 1. The number of urea groups is 1. The third kappa shape index (κ3) is 3.45. The number of carbonyl (C=O) groups is 2. The SMILES string of the molecule is O=C1NC(=O)[C@H](CS(=O)(=O)N2CCN(c3ccccc3)CC2)N1. The lowest BCUT2D eigenvalue weighted by atomic mass is 10.2. The summed E-state index contributed by atoms with van der Waals surface area (Å²) in [5, 5.41) is 4.36.